The molecule has 1 atom stereocenters. The van der Waals surface area contributed by atoms with E-state index in [-0.39, 0.29) is 0 Å². The first-order chi connectivity index (χ1) is 9.95. The highest BCUT2D eigenvalue weighted by Gasteiger charge is 2.21. The third-order valence-corrected chi connectivity index (χ3v) is 4.29. The summed E-state index contributed by atoms with van der Waals surface area (Å²) in [6.07, 6.45) is 1.30. The Balaban J connectivity index is 1.95. The van der Waals surface area contributed by atoms with Crippen molar-refractivity contribution in [1.29, 1.82) is 0 Å². The van der Waals surface area contributed by atoms with Gasteiger partial charge in [0.15, 0.2) is 0 Å². The molecule has 2 heterocycles. The van der Waals surface area contributed by atoms with Crippen LogP contribution in [-0.4, -0.2) is 49.7 Å². The Bertz CT molecular complexity index is 458. The van der Waals surface area contributed by atoms with E-state index >= 15 is 0 Å². The van der Waals surface area contributed by atoms with Crippen LogP contribution in [-0.2, 0) is 6.54 Å². The van der Waals surface area contributed by atoms with Gasteiger partial charge in [-0.3, -0.25) is 0 Å². The summed E-state index contributed by atoms with van der Waals surface area (Å²) in [4.78, 5) is 9.50. The monoisotopic (exact) mass is 290 g/mol. The van der Waals surface area contributed by atoms with Crippen molar-refractivity contribution in [2.24, 2.45) is 5.92 Å². The molecule has 0 saturated carbocycles. The van der Waals surface area contributed by atoms with Crippen LogP contribution >= 0.6 is 0 Å². The van der Waals surface area contributed by atoms with Crippen LogP contribution in [0.5, 0.6) is 0 Å². The lowest BCUT2D eigenvalue weighted by molar-refractivity contribution is 0.395. The van der Waals surface area contributed by atoms with Crippen molar-refractivity contribution in [3.63, 3.8) is 0 Å². The minimum absolute atomic E-state index is 0.506. The van der Waals surface area contributed by atoms with Crippen LogP contribution in [0.1, 0.15) is 31.5 Å². The van der Waals surface area contributed by atoms with Gasteiger partial charge in [-0.15, -0.1) is 0 Å². The van der Waals surface area contributed by atoms with Crippen molar-refractivity contribution in [3.8, 4) is 0 Å². The summed E-state index contributed by atoms with van der Waals surface area (Å²) in [6.45, 7) is 10.9. The van der Waals surface area contributed by atoms with Crippen molar-refractivity contribution in [1.82, 2.24) is 15.2 Å². The molecule has 21 heavy (non-hydrogen) atoms. The molecular weight excluding hydrogens is 260 g/mol. The Kier molecular flexibility index (Phi) is 5.59. The number of anilines is 1. The molecule has 0 radical (unpaired) electrons. The molecule has 0 spiro atoms. The maximum atomic E-state index is 4.78. The molecule has 1 aliphatic rings. The number of nitrogens with one attached hydrogen (secondary N) is 1. The number of pyridine rings is 1. The standard InChI is InChI=1S/C17H30N4/c1-13(2)18-10-16-6-7-17(19-14(16)3)21(5)12-15-8-9-20(4)11-15/h6-7,13,15,18H,8-12H2,1-5H3. The van der Waals surface area contributed by atoms with Gasteiger partial charge in [-0.25, -0.2) is 4.98 Å². The maximum absolute atomic E-state index is 4.78. The normalized spacial score (nSPS) is 19.4. The van der Waals surface area contributed by atoms with Crippen LogP contribution in [0, 0.1) is 12.8 Å². The van der Waals surface area contributed by atoms with Gasteiger partial charge in [-0.1, -0.05) is 19.9 Å². The van der Waals surface area contributed by atoms with Crippen LogP contribution in [0.2, 0.25) is 0 Å². The summed E-state index contributed by atoms with van der Waals surface area (Å²) in [5, 5.41) is 3.46. The van der Waals surface area contributed by atoms with Gasteiger partial charge in [-0.2, -0.15) is 0 Å². The number of hydrogen-bond donors (Lipinski definition) is 1. The smallest absolute Gasteiger partial charge is 0.128 e. The number of nitrogens with zero attached hydrogens (tertiary/aromatic N) is 3. The van der Waals surface area contributed by atoms with Crippen molar-refractivity contribution < 1.29 is 0 Å². The highest BCUT2D eigenvalue weighted by Crippen LogP contribution is 2.19. The van der Waals surface area contributed by atoms with Crippen molar-refractivity contribution in [3.05, 3.63) is 23.4 Å². The van der Waals surface area contributed by atoms with Gasteiger partial charge >= 0.3 is 0 Å². The average Bonchev–Trinajstić information content (AvgIpc) is 2.82. The van der Waals surface area contributed by atoms with E-state index in [0.717, 1.165) is 30.5 Å². The lowest BCUT2D eigenvalue weighted by Crippen LogP contribution is -2.28. The number of aryl methyl sites for hydroxylation is 1. The summed E-state index contributed by atoms with van der Waals surface area (Å²) in [5.74, 6) is 1.86. The van der Waals surface area contributed by atoms with Gasteiger partial charge in [-0.05, 0) is 44.5 Å². The molecule has 0 aliphatic carbocycles. The van der Waals surface area contributed by atoms with Gasteiger partial charge in [0.1, 0.15) is 5.82 Å². The molecule has 4 nitrogen and oxygen atoms in total. The second kappa shape index (κ2) is 7.23. The first kappa shape index (κ1) is 16.2. The molecule has 1 aromatic heterocycles. The molecule has 1 saturated heterocycles. The summed E-state index contributed by atoms with van der Waals surface area (Å²) in [7, 11) is 4.37. The van der Waals surface area contributed by atoms with Crippen LogP contribution < -0.4 is 10.2 Å². The largest absolute Gasteiger partial charge is 0.359 e. The topological polar surface area (TPSA) is 31.4 Å². The molecule has 118 valence electrons. The Morgan fingerprint density at radius 1 is 1.43 bits per heavy atom. The van der Waals surface area contributed by atoms with Crippen molar-refractivity contribution >= 4 is 5.82 Å². The summed E-state index contributed by atoms with van der Waals surface area (Å²) < 4.78 is 0. The Morgan fingerprint density at radius 2 is 2.19 bits per heavy atom. The quantitative estimate of drug-likeness (QED) is 0.871. The predicted octanol–water partition coefficient (Wildman–Crippen LogP) is 2.28. The van der Waals surface area contributed by atoms with Crippen LogP contribution in [0.4, 0.5) is 5.82 Å². The molecule has 2 rings (SSSR count). The minimum Gasteiger partial charge on any atom is -0.359 e. The maximum Gasteiger partial charge on any atom is 0.128 e. The van der Waals surface area contributed by atoms with E-state index in [2.05, 4.69) is 62.1 Å². The molecule has 0 amide bonds. The molecule has 1 unspecified atom stereocenters. The zero-order valence-electron chi connectivity index (χ0n) is 14.2. The van der Waals surface area contributed by atoms with E-state index in [1.807, 2.05) is 0 Å². The third kappa shape index (κ3) is 4.68. The Morgan fingerprint density at radius 3 is 2.76 bits per heavy atom. The van der Waals surface area contributed by atoms with Crippen molar-refractivity contribution in [2.45, 2.75) is 39.8 Å². The highest BCUT2D eigenvalue weighted by molar-refractivity contribution is 5.41. The number of rotatable bonds is 6. The molecule has 0 bridgehead atoms. The van der Waals surface area contributed by atoms with E-state index < -0.39 is 0 Å². The Labute approximate surface area is 129 Å². The molecule has 0 aromatic carbocycles. The third-order valence-electron chi connectivity index (χ3n) is 4.29. The molecule has 1 N–H and O–H groups in total. The Hall–Kier alpha value is -1.13. The van der Waals surface area contributed by atoms with Gasteiger partial charge in [0.05, 0.1) is 0 Å². The first-order valence-electron chi connectivity index (χ1n) is 8.05. The number of likely N-dealkylation sites (tertiary alicyclic amines) is 1. The average molecular weight is 290 g/mol. The summed E-state index contributed by atoms with van der Waals surface area (Å²) in [6, 6.07) is 4.87. The molecule has 4 heteroatoms. The van der Waals surface area contributed by atoms with Gasteiger partial charge in [0.2, 0.25) is 0 Å². The van der Waals surface area contributed by atoms with Gasteiger partial charge < -0.3 is 15.1 Å². The van der Waals surface area contributed by atoms with Gasteiger partial charge in [0.25, 0.3) is 0 Å². The number of aromatic nitrogens is 1. The second-order valence-electron chi connectivity index (χ2n) is 6.75. The fourth-order valence-corrected chi connectivity index (χ4v) is 2.95. The van der Waals surface area contributed by atoms with E-state index in [1.165, 1.54) is 25.1 Å². The molecule has 1 fully saturated rings. The van der Waals surface area contributed by atoms with E-state index in [4.69, 9.17) is 4.98 Å². The van der Waals surface area contributed by atoms with Crippen molar-refractivity contribution in [2.75, 3.05) is 38.6 Å². The fourth-order valence-electron chi connectivity index (χ4n) is 2.95. The summed E-state index contributed by atoms with van der Waals surface area (Å²) in [5.41, 5.74) is 2.43. The lowest BCUT2D eigenvalue weighted by atomic mass is 10.1. The van der Waals surface area contributed by atoms with Crippen LogP contribution in [0.3, 0.4) is 0 Å². The number of hydrogen-bond acceptors (Lipinski definition) is 4. The molecule has 1 aromatic rings. The van der Waals surface area contributed by atoms with Gasteiger partial charge in [0, 0.05) is 38.4 Å². The zero-order chi connectivity index (χ0) is 15.4. The highest BCUT2D eigenvalue weighted by atomic mass is 15.2. The fraction of sp³-hybridized carbons (Fsp3) is 0.706. The predicted molar refractivity (Wildman–Crippen MR) is 89.8 cm³/mol. The molecular formula is C17H30N4. The summed E-state index contributed by atoms with van der Waals surface area (Å²) >= 11 is 0. The molecule has 1 aliphatic heterocycles. The SMILES string of the molecule is Cc1nc(N(C)CC2CCN(C)C2)ccc1CNC(C)C. The minimum atomic E-state index is 0.506. The van der Waals surface area contributed by atoms with E-state index in [1.54, 1.807) is 0 Å². The van der Waals surface area contributed by atoms with Crippen LogP contribution in [0.25, 0.3) is 0 Å². The van der Waals surface area contributed by atoms with E-state index in [0.29, 0.717) is 6.04 Å². The van der Waals surface area contributed by atoms with Crippen LogP contribution in [0.15, 0.2) is 12.1 Å². The van der Waals surface area contributed by atoms with E-state index in [9.17, 15) is 0 Å². The lowest BCUT2D eigenvalue weighted by Gasteiger charge is -2.23. The second-order valence-corrected chi connectivity index (χ2v) is 6.75. The zero-order valence-corrected chi connectivity index (χ0v) is 14.2. The first-order valence-corrected chi connectivity index (χ1v) is 8.05.